The predicted octanol–water partition coefficient (Wildman–Crippen LogP) is 4.24. The Bertz CT molecular complexity index is 951. The van der Waals surface area contributed by atoms with Gasteiger partial charge in [-0.05, 0) is 62.5 Å². The number of rotatable bonds is 9. The number of carbonyl (C=O) groups is 2. The van der Waals surface area contributed by atoms with Crippen molar-refractivity contribution >= 4 is 28.7 Å². The highest BCUT2D eigenvalue weighted by molar-refractivity contribution is 7.13. The lowest BCUT2D eigenvalue weighted by Gasteiger charge is -2.26. The third-order valence-corrected chi connectivity index (χ3v) is 5.39. The Balaban J connectivity index is 1.65. The van der Waals surface area contributed by atoms with E-state index in [-0.39, 0.29) is 17.7 Å². The van der Waals surface area contributed by atoms with Crippen molar-refractivity contribution in [1.82, 2.24) is 15.1 Å². The van der Waals surface area contributed by atoms with Crippen LogP contribution in [0.3, 0.4) is 0 Å². The largest absolute Gasteiger partial charge is 0.419 e. The molecule has 1 amide bonds. The summed E-state index contributed by atoms with van der Waals surface area (Å²) in [5.41, 5.74) is 1.27. The second-order valence-electron chi connectivity index (χ2n) is 6.75. The van der Waals surface area contributed by atoms with Crippen LogP contribution in [0.15, 0.2) is 46.2 Å². The van der Waals surface area contributed by atoms with E-state index in [4.69, 9.17) is 4.42 Å². The van der Waals surface area contributed by atoms with Gasteiger partial charge in [0.1, 0.15) is 0 Å². The zero-order chi connectivity index (χ0) is 20.8. The summed E-state index contributed by atoms with van der Waals surface area (Å²) < 4.78 is 5.77. The number of benzene rings is 1. The molecule has 0 fully saturated rings. The number of hydrogen-bond donors (Lipinski definition) is 1. The van der Waals surface area contributed by atoms with Crippen LogP contribution in [-0.4, -0.2) is 39.4 Å². The number of carbonyl (C=O) groups excluding carboxylic acids is 2. The molecule has 0 saturated carbocycles. The molecule has 0 aliphatic carbocycles. The number of amides is 1. The molecule has 0 spiro atoms. The second kappa shape index (κ2) is 9.58. The van der Waals surface area contributed by atoms with Gasteiger partial charge in [0, 0.05) is 11.3 Å². The predicted molar refractivity (Wildman–Crippen MR) is 113 cm³/mol. The molecule has 1 aromatic carbocycles. The topological polar surface area (TPSA) is 88.3 Å². The molecular weight excluding hydrogens is 388 g/mol. The molecule has 2 heterocycles. The van der Waals surface area contributed by atoms with E-state index in [0.717, 1.165) is 11.3 Å². The summed E-state index contributed by atoms with van der Waals surface area (Å²) in [6.07, 6.45) is 0.886. The number of nitrogens with zero attached hydrogens (tertiary/aromatic N) is 3. The molecule has 0 unspecified atom stereocenters. The van der Waals surface area contributed by atoms with Gasteiger partial charge in [0.15, 0.2) is 5.78 Å². The normalized spacial score (nSPS) is 12.1. The van der Waals surface area contributed by atoms with E-state index in [1.54, 1.807) is 24.3 Å². The third kappa shape index (κ3) is 5.36. The maximum absolute atomic E-state index is 12.7. The minimum Gasteiger partial charge on any atom is -0.419 e. The Kier molecular flexibility index (Phi) is 6.90. The second-order valence-corrected chi connectivity index (χ2v) is 7.70. The highest BCUT2D eigenvalue weighted by Crippen LogP contribution is 2.23. The molecule has 1 N–H and O–H groups in total. The van der Waals surface area contributed by atoms with Crippen LogP contribution in [0.2, 0.25) is 0 Å². The monoisotopic (exact) mass is 412 g/mol. The van der Waals surface area contributed by atoms with E-state index in [1.165, 1.54) is 18.3 Å². The minimum absolute atomic E-state index is 0.00756. The summed E-state index contributed by atoms with van der Waals surface area (Å²) in [5.74, 6) is 0.834. The first-order chi connectivity index (χ1) is 14.0. The van der Waals surface area contributed by atoms with Gasteiger partial charge in [-0.25, -0.2) is 0 Å². The number of anilines is 1. The van der Waals surface area contributed by atoms with Crippen LogP contribution in [0.5, 0.6) is 0 Å². The third-order valence-electron chi connectivity index (χ3n) is 4.53. The molecule has 0 radical (unpaired) electrons. The fraction of sp³-hybridized carbons (Fsp3) is 0.333. The van der Waals surface area contributed by atoms with Crippen molar-refractivity contribution < 1.29 is 14.0 Å². The molecule has 29 heavy (non-hydrogen) atoms. The van der Waals surface area contributed by atoms with Crippen LogP contribution in [0.1, 0.15) is 43.4 Å². The van der Waals surface area contributed by atoms with E-state index in [9.17, 15) is 9.59 Å². The zero-order valence-corrected chi connectivity index (χ0v) is 17.5. The maximum atomic E-state index is 12.7. The maximum Gasteiger partial charge on any atom is 0.257 e. The molecule has 8 heteroatoms. The van der Waals surface area contributed by atoms with Crippen molar-refractivity contribution in [2.24, 2.45) is 0 Å². The molecule has 3 rings (SSSR count). The number of thiophene rings is 1. The number of ketones is 1. The molecule has 0 aliphatic heterocycles. The molecule has 0 saturated heterocycles. The summed E-state index contributed by atoms with van der Waals surface area (Å²) in [6, 6.07) is 10.4. The Morgan fingerprint density at radius 1 is 1.21 bits per heavy atom. The van der Waals surface area contributed by atoms with Crippen LogP contribution in [-0.2, 0) is 11.3 Å². The number of hydrogen-bond acceptors (Lipinski definition) is 7. The number of nitrogens with one attached hydrogen (secondary N) is 1. The molecule has 0 bridgehead atoms. The van der Waals surface area contributed by atoms with Gasteiger partial charge in [-0.2, -0.15) is 0 Å². The average Bonchev–Trinajstić information content (AvgIpc) is 3.39. The van der Waals surface area contributed by atoms with Crippen LogP contribution < -0.4 is 5.32 Å². The van der Waals surface area contributed by atoms with E-state index >= 15 is 0 Å². The number of aromatic nitrogens is 2. The fourth-order valence-corrected chi connectivity index (χ4v) is 3.53. The summed E-state index contributed by atoms with van der Waals surface area (Å²) in [7, 11) is 0. The Morgan fingerprint density at radius 2 is 1.97 bits per heavy atom. The summed E-state index contributed by atoms with van der Waals surface area (Å²) in [6.45, 7) is 6.53. The molecule has 0 aliphatic rings. The van der Waals surface area contributed by atoms with Gasteiger partial charge in [-0.3, -0.25) is 14.5 Å². The summed E-state index contributed by atoms with van der Waals surface area (Å²) >= 11 is 1.54. The first-order valence-electron chi connectivity index (χ1n) is 9.50. The van der Waals surface area contributed by atoms with Gasteiger partial charge in [-0.15, -0.1) is 21.5 Å². The van der Waals surface area contributed by atoms with Gasteiger partial charge in [0.2, 0.25) is 11.8 Å². The van der Waals surface area contributed by atoms with Crippen LogP contribution in [0.4, 0.5) is 5.69 Å². The van der Waals surface area contributed by atoms with Gasteiger partial charge in [0.25, 0.3) is 5.89 Å². The quantitative estimate of drug-likeness (QED) is 0.529. The SMILES string of the molecule is CCCN(Cc1nnc(-c2cccs2)o1)[C@H](C)C(=O)Nc1ccc(C(C)=O)cc1. The van der Waals surface area contributed by atoms with Crippen molar-refractivity contribution in [2.75, 3.05) is 11.9 Å². The van der Waals surface area contributed by atoms with Crippen molar-refractivity contribution in [3.8, 4) is 10.8 Å². The first-order valence-corrected chi connectivity index (χ1v) is 10.4. The summed E-state index contributed by atoms with van der Waals surface area (Å²) in [5, 5.41) is 13.1. The van der Waals surface area contributed by atoms with Crippen molar-refractivity contribution in [2.45, 2.75) is 39.8 Å². The first kappa shape index (κ1) is 20.9. The minimum atomic E-state index is -0.389. The van der Waals surface area contributed by atoms with Gasteiger partial charge < -0.3 is 9.73 Å². The van der Waals surface area contributed by atoms with Gasteiger partial charge >= 0.3 is 0 Å². The van der Waals surface area contributed by atoms with Crippen molar-refractivity contribution in [1.29, 1.82) is 0 Å². The van der Waals surface area contributed by atoms with E-state index < -0.39 is 0 Å². The van der Waals surface area contributed by atoms with Crippen molar-refractivity contribution in [3.63, 3.8) is 0 Å². The molecule has 2 aromatic heterocycles. The molecular formula is C21H24N4O3S. The molecule has 3 aromatic rings. The smallest absolute Gasteiger partial charge is 0.257 e. The number of Topliss-reactive ketones (excluding diaryl/α,β-unsaturated/α-hetero) is 1. The highest BCUT2D eigenvalue weighted by atomic mass is 32.1. The molecule has 152 valence electrons. The van der Waals surface area contributed by atoms with Gasteiger partial charge in [0.05, 0.1) is 17.5 Å². The Morgan fingerprint density at radius 3 is 2.59 bits per heavy atom. The van der Waals surface area contributed by atoms with Crippen LogP contribution in [0, 0.1) is 0 Å². The average molecular weight is 413 g/mol. The lowest BCUT2D eigenvalue weighted by atomic mass is 10.1. The standard InChI is InChI=1S/C21H24N4O3S/c1-4-11-25(13-19-23-24-21(28-19)18-6-5-12-29-18)14(2)20(27)22-17-9-7-16(8-10-17)15(3)26/h5-10,12,14H,4,11,13H2,1-3H3,(H,22,27)/t14-/m1/s1. The summed E-state index contributed by atoms with van der Waals surface area (Å²) in [4.78, 5) is 27.1. The van der Waals surface area contributed by atoms with E-state index in [1.807, 2.05) is 29.3 Å². The van der Waals surface area contributed by atoms with E-state index in [0.29, 0.717) is 36.1 Å². The van der Waals surface area contributed by atoms with Crippen LogP contribution in [0.25, 0.3) is 10.8 Å². The van der Waals surface area contributed by atoms with Crippen molar-refractivity contribution in [3.05, 3.63) is 53.2 Å². The Labute approximate surface area is 173 Å². The highest BCUT2D eigenvalue weighted by Gasteiger charge is 2.23. The fourth-order valence-electron chi connectivity index (χ4n) is 2.89. The zero-order valence-electron chi connectivity index (χ0n) is 16.7. The molecule has 7 nitrogen and oxygen atoms in total. The lowest BCUT2D eigenvalue weighted by molar-refractivity contribution is -0.121. The molecule has 1 atom stereocenters. The van der Waals surface area contributed by atoms with E-state index in [2.05, 4.69) is 22.4 Å². The van der Waals surface area contributed by atoms with Crippen LogP contribution >= 0.6 is 11.3 Å². The Hall–Kier alpha value is -2.84. The lowest BCUT2D eigenvalue weighted by Crippen LogP contribution is -2.42. The van der Waals surface area contributed by atoms with Gasteiger partial charge in [-0.1, -0.05) is 13.0 Å².